The number of nitrogens with zero attached hydrogens (tertiary/aromatic N) is 3. The van der Waals surface area contributed by atoms with Crippen molar-refractivity contribution in [2.75, 3.05) is 6.54 Å². The number of likely N-dealkylation sites (tertiary alicyclic amines) is 1. The van der Waals surface area contributed by atoms with Crippen LogP contribution in [0.15, 0.2) is 4.47 Å². The van der Waals surface area contributed by atoms with E-state index < -0.39 is 11.9 Å². The molecular weight excluding hydrogens is 326 g/mol. The van der Waals surface area contributed by atoms with E-state index >= 15 is 0 Å². The molecule has 0 spiro atoms. The largest absolute Gasteiger partial charge is 0.481 e. The molecule has 7 heteroatoms. The van der Waals surface area contributed by atoms with Crippen molar-refractivity contribution in [1.29, 1.82) is 0 Å². The molecule has 1 N–H and O–H groups in total. The highest BCUT2D eigenvalue weighted by molar-refractivity contribution is 9.10. The van der Waals surface area contributed by atoms with Gasteiger partial charge in [-0.3, -0.25) is 14.3 Å². The maximum absolute atomic E-state index is 12.0. The highest BCUT2D eigenvalue weighted by atomic mass is 79.9. The van der Waals surface area contributed by atoms with Crippen molar-refractivity contribution in [2.45, 2.75) is 32.7 Å². The van der Waals surface area contributed by atoms with Crippen LogP contribution in [0.2, 0.25) is 0 Å². The lowest BCUT2D eigenvalue weighted by Gasteiger charge is -2.30. The zero-order valence-corrected chi connectivity index (χ0v) is 13.2. The zero-order chi connectivity index (χ0) is 14.9. The number of amides is 1. The van der Waals surface area contributed by atoms with E-state index in [4.69, 9.17) is 5.11 Å². The van der Waals surface area contributed by atoms with E-state index in [9.17, 15) is 9.59 Å². The first-order valence-corrected chi connectivity index (χ1v) is 7.44. The molecule has 1 unspecified atom stereocenters. The summed E-state index contributed by atoms with van der Waals surface area (Å²) in [5.74, 6) is -1.29. The van der Waals surface area contributed by atoms with Crippen LogP contribution in [0.1, 0.15) is 31.2 Å². The number of piperidine rings is 1. The average Bonchev–Trinajstić information content (AvgIpc) is 2.68. The van der Waals surface area contributed by atoms with Gasteiger partial charge in [-0.25, -0.2) is 0 Å². The summed E-state index contributed by atoms with van der Waals surface area (Å²) < 4.78 is 2.66. The maximum atomic E-state index is 12.0. The van der Waals surface area contributed by atoms with Gasteiger partial charge >= 0.3 is 5.97 Å². The standard InChI is InChI=1S/C13H18BrN3O3/c1-3-9-12(14)10(16(2)15-9)7-17-6-8(13(19)20)4-5-11(17)18/h8H,3-7H2,1-2H3,(H,19,20). The number of aromatic nitrogens is 2. The van der Waals surface area contributed by atoms with Crippen LogP contribution in [-0.2, 0) is 29.6 Å². The summed E-state index contributed by atoms with van der Waals surface area (Å²) in [6.07, 6.45) is 1.53. The summed E-state index contributed by atoms with van der Waals surface area (Å²) in [6, 6.07) is 0. The van der Waals surface area contributed by atoms with Crippen LogP contribution in [0.25, 0.3) is 0 Å². The number of carbonyl (C=O) groups excluding carboxylic acids is 1. The average molecular weight is 344 g/mol. The predicted octanol–water partition coefficient (Wildman–Crippen LogP) is 1.57. The number of carbonyl (C=O) groups is 2. The fourth-order valence-corrected chi connectivity index (χ4v) is 3.18. The minimum Gasteiger partial charge on any atom is -0.481 e. The molecule has 0 bridgehead atoms. The van der Waals surface area contributed by atoms with Crippen LogP contribution in [0.5, 0.6) is 0 Å². The van der Waals surface area contributed by atoms with Crippen LogP contribution in [-0.4, -0.2) is 38.2 Å². The Morgan fingerprint density at radius 3 is 2.80 bits per heavy atom. The van der Waals surface area contributed by atoms with Crippen molar-refractivity contribution in [3.8, 4) is 0 Å². The Balaban J connectivity index is 2.18. The Bertz CT molecular complexity index is 541. The van der Waals surface area contributed by atoms with Crippen molar-refractivity contribution in [3.63, 3.8) is 0 Å². The molecule has 20 heavy (non-hydrogen) atoms. The van der Waals surface area contributed by atoms with Gasteiger partial charge in [0.1, 0.15) is 0 Å². The molecule has 110 valence electrons. The summed E-state index contributed by atoms with van der Waals surface area (Å²) in [6.45, 7) is 2.68. The Morgan fingerprint density at radius 1 is 1.55 bits per heavy atom. The number of hydrogen-bond acceptors (Lipinski definition) is 3. The van der Waals surface area contributed by atoms with Gasteiger partial charge in [-0.2, -0.15) is 5.10 Å². The molecular formula is C13H18BrN3O3. The van der Waals surface area contributed by atoms with Gasteiger partial charge in [0.2, 0.25) is 5.91 Å². The van der Waals surface area contributed by atoms with Gasteiger partial charge in [0.15, 0.2) is 0 Å². The summed E-state index contributed by atoms with van der Waals surface area (Å²) in [5.41, 5.74) is 1.85. The smallest absolute Gasteiger partial charge is 0.308 e. The summed E-state index contributed by atoms with van der Waals surface area (Å²) in [7, 11) is 1.84. The summed E-state index contributed by atoms with van der Waals surface area (Å²) >= 11 is 3.52. The monoisotopic (exact) mass is 343 g/mol. The third kappa shape index (κ3) is 2.87. The fourth-order valence-electron chi connectivity index (χ4n) is 2.44. The van der Waals surface area contributed by atoms with E-state index in [-0.39, 0.29) is 12.5 Å². The number of aryl methyl sites for hydroxylation is 2. The van der Waals surface area contributed by atoms with Crippen LogP contribution in [0.3, 0.4) is 0 Å². The van der Waals surface area contributed by atoms with Crippen molar-refractivity contribution in [1.82, 2.24) is 14.7 Å². The van der Waals surface area contributed by atoms with E-state index in [0.717, 1.165) is 22.3 Å². The Kier molecular flexibility index (Phi) is 4.47. The summed E-state index contributed by atoms with van der Waals surface area (Å²) in [4.78, 5) is 24.6. The molecule has 1 aromatic rings. The van der Waals surface area contributed by atoms with Crippen LogP contribution in [0, 0.1) is 5.92 Å². The highest BCUT2D eigenvalue weighted by Crippen LogP contribution is 2.25. The zero-order valence-electron chi connectivity index (χ0n) is 11.6. The third-order valence-electron chi connectivity index (χ3n) is 3.69. The molecule has 1 aliphatic rings. The first kappa shape index (κ1) is 15.0. The minimum atomic E-state index is -0.833. The normalized spacial score (nSPS) is 19.4. The van der Waals surface area contributed by atoms with Gasteiger partial charge in [-0.1, -0.05) is 6.92 Å². The molecule has 0 radical (unpaired) electrons. The summed E-state index contributed by atoms with van der Waals surface area (Å²) in [5, 5.41) is 13.5. The topological polar surface area (TPSA) is 75.4 Å². The number of halogens is 1. The quantitative estimate of drug-likeness (QED) is 0.900. The predicted molar refractivity (Wildman–Crippen MR) is 76.1 cm³/mol. The molecule has 2 rings (SSSR count). The Labute approximate surface area is 125 Å². The lowest BCUT2D eigenvalue weighted by molar-refractivity contribution is -0.147. The van der Waals surface area contributed by atoms with Gasteiger partial charge in [0.05, 0.1) is 28.3 Å². The van der Waals surface area contributed by atoms with Crippen LogP contribution in [0.4, 0.5) is 0 Å². The number of carboxylic acid groups (broad SMARTS) is 1. The number of hydrogen-bond donors (Lipinski definition) is 1. The van der Waals surface area contributed by atoms with Gasteiger partial charge in [0, 0.05) is 20.0 Å². The Hall–Kier alpha value is -1.37. The molecule has 6 nitrogen and oxygen atoms in total. The second-order valence-electron chi connectivity index (χ2n) is 5.03. The van der Waals surface area contributed by atoms with E-state index in [1.165, 1.54) is 0 Å². The number of rotatable bonds is 4. The number of aliphatic carboxylic acids is 1. The van der Waals surface area contributed by atoms with Gasteiger partial charge in [-0.05, 0) is 28.8 Å². The van der Waals surface area contributed by atoms with Crippen LogP contribution >= 0.6 is 15.9 Å². The molecule has 0 saturated carbocycles. The molecule has 1 aliphatic heterocycles. The van der Waals surface area contributed by atoms with E-state index in [2.05, 4.69) is 21.0 Å². The highest BCUT2D eigenvalue weighted by Gasteiger charge is 2.31. The SMILES string of the molecule is CCc1nn(C)c(CN2CC(C(=O)O)CCC2=O)c1Br. The molecule has 2 heterocycles. The van der Waals surface area contributed by atoms with Crippen molar-refractivity contribution >= 4 is 27.8 Å². The number of carboxylic acids is 1. The van der Waals surface area contributed by atoms with Gasteiger partial charge < -0.3 is 10.0 Å². The molecule has 1 fully saturated rings. The van der Waals surface area contributed by atoms with Crippen molar-refractivity contribution in [2.24, 2.45) is 13.0 Å². The van der Waals surface area contributed by atoms with Crippen LogP contribution < -0.4 is 0 Å². The second kappa shape index (κ2) is 5.95. The van der Waals surface area contributed by atoms with E-state index in [0.29, 0.717) is 19.4 Å². The van der Waals surface area contributed by atoms with Gasteiger partial charge in [-0.15, -0.1) is 0 Å². The molecule has 1 amide bonds. The van der Waals surface area contributed by atoms with E-state index in [1.807, 2.05) is 14.0 Å². The fraction of sp³-hybridized carbons (Fsp3) is 0.615. The van der Waals surface area contributed by atoms with Crippen molar-refractivity contribution < 1.29 is 14.7 Å². The molecule has 1 saturated heterocycles. The Morgan fingerprint density at radius 2 is 2.25 bits per heavy atom. The van der Waals surface area contributed by atoms with Gasteiger partial charge in [0.25, 0.3) is 0 Å². The first-order chi connectivity index (χ1) is 9.43. The van der Waals surface area contributed by atoms with E-state index in [1.54, 1.807) is 9.58 Å². The lowest BCUT2D eigenvalue weighted by Crippen LogP contribution is -2.42. The molecule has 0 aliphatic carbocycles. The second-order valence-corrected chi connectivity index (χ2v) is 5.83. The lowest BCUT2D eigenvalue weighted by atomic mass is 9.97. The first-order valence-electron chi connectivity index (χ1n) is 6.64. The molecule has 1 atom stereocenters. The maximum Gasteiger partial charge on any atom is 0.308 e. The minimum absolute atomic E-state index is 0.00801. The third-order valence-corrected chi connectivity index (χ3v) is 4.61. The molecule has 0 aromatic carbocycles. The molecule has 1 aromatic heterocycles. The van der Waals surface area contributed by atoms with Crippen molar-refractivity contribution in [3.05, 3.63) is 15.9 Å².